The Morgan fingerprint density at radius 3 is 2.44 bits per heavy atom. The molecular weight excluding hydrogens is 667 g/mol. The topological polar surface area (TPSA) is 135 Å². The van der Waals surface area contributed by atoms with Crippen LogP contribution in [0.1, 0.15) is 72.5 Å². The molecule has 52 heavy (non-hydrogen) atoms. The van der Waals surface area contributed by atoms with Gasteiger partial charge in [-0.1, -0.05) is 36.4 Å². The molecule has 0 unspecified atom stereocenters. The van der Waals surface area contributed by atoms with E-state index in [1.54, 1.807) is 13.1 Å². The molecule has 13 heteroatoms. The van der Waals surface area contributed by atoms with Crippen molar-refractivity contribution in [2.24, 2.45) is 0 Å². The van der Waals surface area contributed by atoms with E-state index >= 15 is 0 Å². The summed E-state index contributed by atoms with van der Waals surface area (Å²) in [6.07, 6.45) is 3.00. The van der Waals surface area contributed by atoms with Crippen LogP contribution in [0.25, 0.3) is 10.9 Å². The summed E-state index contributed by atoms with van der Waals surface area (Å²) in [6, 6.07) is 17.1. The number of aromatic nitrogens is 2. The molecule has 1 aliphatic rings. The van der Waals surface area contributed by atoms with Gasteiger partial charge in [0.2, 0.25) is 0 Å². The Kier molecular flexibility index (Phi) is 13.0. The number of carbonyl (C=O) groups is 3. The number of hydrogen-bond acceptors (Lipinski definition) is 10. The zero-order valence-corrected chi connectivity index (χ0v) is 30.2. The molecule has 4 aromatic rings. The Hall–Kier alpha value is -5.30. The molecule has 0 radical (unpaired) electrons. The van der Waals surface area contributed by atoms with Crippen LogP contribution in [0.3, 0.4) is 0 Å². The second-order valence-corrected chi connectivity index (χ2v) is 13.5. The molecule has 2 aromatic heterocycles. The number of esters is 1. The third kappa shape index (κ3) is 10.4. The van der Waals surface area contributed by atoms with Crippen LogP contribution < -0.4 is 20.3 Å². The van der Waals surface area contributed by atoms with Gasteiger partial charge in [-0.25, -0.2) is 19.0 Å². The van der Waals surface area contributed by atoms with Crippen LogP contribution in [0, 0.1) is 5.82 Å². The fourth-order valence-corrected chi connectivity index (χ4v) is 5.87. The molecule has 1 saturated heterocycles. The summed E-state index contributed by atoms with van der Waals surface area (Å²) in [7, 11) is 0. The average molecular weight is 715 g/mol. The number of nitrogens with zero attached hydrogens (tertiary/aromatic N) is 4. The first-order valence-electron chi connectivity index (χ1n) is 17.7. The number of piperazine rings is 1. The van der Waals surface area contributed by atoms with Crippen LogP contribution >= 0.6 is 0 Å². The molecule has 2 aromatic carbocycles. The highest BCUT2D eigenvalue weighted by Crippen LogP contribution is 2.34. The number of alkyl carbamates (subject to hydrolysis) is 1. The van der Waals surface area contributed by atoms with Crippen molar-refractivity contribution in [1.29, 1.82) is 0 Å². The molecule has 12 nitrogen and oxygen atoms in total. The highest BCUT2D eigenvalue weighted by Gasteiger charge is 2.27. The number of halogens is 1. The summed E-state index contributed by atoms with van der Waals surface area (Å²) in [4.78, 5) is 52.6. The average Bonchev–Trinajstić information content (AvgIpc) is 3.13. The van der Waals surface area contributed by atoms with E-state index in [2.05, 4.69) is 25.4 Å². The van der Waals surface area contributed by atoms with Crippen LogP contribution in [0.4, 0.5) is 15.0 Å². The number of amides is 2. The maximum absolute atomic E-state index is 14.1. The van der Waals surface area contributed by atoms with Crippen LogP contribution in [-0.4, -0.2) is 84.3 Å². The zero-order valence-electron chi connectivity index (χ0n) is 30.2. The lowest BCUT2D eigenvalue weighted by Crippen LogP contribution is -2.47. The van der Waals surface area contributed by atoms with E-state index in [1.165, 1.54) is 12.1 Å². The summed E-state index contributed by atoms with van der Waals surface area (Å²) in [5.74, 6) is -0.934. The maximum Gasteiger partial charge on any atom is 0.407 e. The molecule has 0 spiro atoms. The van der Waals surface area contributed by atoms with Crippen molar-refractivity contribution >= 4 is 34.7 Å². The Morgan fingerprint density at radius 2 is 1.71 bits per heavy atom. The van der Waals surface area contributed by atoms with E-state index < -0.39 is 29.4 Å². The molecule has 0 saturated carbocycles. The zero-order chi connectivity index (χ0) is 37.1. The lowest BCUT2D eigenvalue weighted by molar-refractivity contribution is 0.0515. The van der Waals surface area contributed by atoms with Gasteiger partial charge in [0.05, 0.1) is 12.2 Å². The highest BCUT2D eigenvalue weighted by molar-refractivity contribution is 6.04. The minimum Gasteiger partial charge on any atom is -0.484 e. The molecule has 1 aliphatic heterocycles. The van der Waals surface area contributed by atoms with Crippen LogP contribution in [-0.2, 0) is 22.6 Å². The van der Waals surface area contributed by atoms with Gasteiger partial charge in [-0.15, -0.1) is 0 Å². The molecular formula is C39H47FN6O6. The minimum atomic E-state index is -0.676. The Bertz CT molecular complexity index is 1840. The number of pyridine rings is 2. The molecule has 1 fully saturated rings. The predicted molar refractivity (Wildman–Crippen MR) is 196 cm³/mol. The van der Waals surface area contributed by atoms with Crippen molar-refractivity contribution < 1.29 is 33.0 Å². The summed E-state index contributed by atoms with van der Waals surface area (Å²) in [6.45, 7) is 11.8. The number of fused-ring (bicyclic) bond motifs is 1. The van der Waals surface area contributed by atoms with Gasteiger partial charge < -0.3 is 29.7 Å². The van der Waals surface area contributed by atoms with E-state index in [4.69, 9.17) is 19.2 Å². The van der Waals surface area contributed by atoms with Crippen molar-refractivity contribution in [2.45, 2.75) is 59.3 Å². The van der Waals surface area contributed by atoms with Gasteiger partial charge in [0.1, 0.15) is 29.4 Å². The fraction of sp³-hybridized carbons (Fsp3) is 0.410. The molecule has 0 aliphatic carbocycles. The van der Waals surface area contributed by atoms with Gasteiger partial charge in [0.15, 0.2) is 11.4 Å². The highest BCUT2D eigenvalue weighted by atomic mass is 19.1. The maximum atomic E-state index is 14.1. The van der Waals surface area contributed by atoms with Gasteiger partial charge in [0.25, 0.3) is 5.91 Å². The summed E-state index contributed by atoms with van der Waals surface area (Å²) in [5, 5.41) is 6.43. The van der Waals surface area contributed by atoms with Gasteiger partial charge >= 0.3 is 12.1 Å². The first-order chi connectivity index (χ1) is 25.0. The number of ether oxygens (including phenoxy) is 3. The smallest absolute Gasteiger partial charge is 0.407 e. The number of rotatable bonds is 14. The number of benzene rings is 2. The van der Waals surface area contributed by atoms with E-state index in [0.29, 0.717) is 36.5 Å². The summed E-state index contributed by atoms with van der Waals surface area (Å²) < 4.78 is 30.8. The van der Waals surface area contributed by atoms with Crippen LogP contribution in [0.5, 0.6) is 5.75 Å². The first kappa shape index (κ1) is 37.9. The van der Waals surface area contributed by atoms with Crippen molar-refractivity contribution in [3.8, 4) is 5.75 Å². The van der Waals surface area contributed by atoms with Crippen LogP contribution in [0.2, 0.25) is 0 Å². The van der Waals surface area contributed by atoms with E-state index in [-0.39, 0.29) is 36.8 Å². The lowest BCUT2D eigenvalue weighted by Gasteiger charge is -2.36. The third-order valence-corrected chi connectivity index (χ3v) is 8.39. The predicted octanol–water partition coefficient (Wildman–Crippen LogP) is 5.88. The quantitative estimate of drug-likeness (QED) is 0.120. The Balaban J connectivity index is 1.33. The number of hydrogen-bond donors (Lipinski definition) is 2. The third-order valence-electron chi connectivity index (χ3n) is 8.39. The molecule has 0 atom stereocenters. The number of anilines is 1. The van der Waals surface area contributed by atoms with Gasteiger partial charge in [-0.05, 0) is 82.5 Å². The molecule has 276 valence electrons. The molecule has 3 heterocycles. The summed E-state index contributed by atoms with van der Waals surface area (Å²) in [5.41, 5.74) is 1.37. The van der Waals surface area contributed by atoms with Crippen molar-refractivity contribution in [2.75, 3.05) is 50.8 Å². The van der Waals surface area contributed by atoms with Crippen molar-refractivity contribution in [3.05, 3.63) is 95.1 Å². The number of nitrogens with one attached hydrogen (secondary N) is 2. The van der Waals surface area contributed by atoms with E-state index in [1.807, 2.05) is 63.2 Å². The fourth-order valence-electron chi connectivity index (χ4n) is 5.87. The SMILES string of the molecule is CCOC(=O)c1cc(F)ccc1CNC(=O)c1nc(N2CCN(CCCCNC(=O)OC(C)(C)C)CC2)c2cccnc2c1OCc1ccccc1. The van der Waals surface area contributed by atoms with Gasteiger partial charge in [-0.3, -0.25) is 14.7 Å². The first-order valence-corrected chi connectivity index (χ1v) is 17.7. The Labute approximate surface area is 303 Å². The number of carbonyl (C=O) groups excluding carboxylic acids is 3. The van der Waals surface area contributed by atoms with Crippen molar-refractivity contribution in [3.63, 3.8) is 0 Å². The van der Waals surface area contributed by atoms with E-state index in [0.717, 1.165) is 49.5 Å². The molecule has 0 bridgehead atoms. The minimum absolute atomic E-state index is 0.0358. The van der Waals surface area contributed by atoms with E-state index in [9.17, 15) is 18.8 Å². The molecule has 2 amide bonds. The van der Waals surface area contributed by atoms with Gasteiger partial charge in [0, 0.05) is 50.9 Å². The summed E-state index contributed by atoms with van der Waals surface area (Å²) >= 11 is 0. The second-order valence-electron chi connectivity index (χ2n) is 13.5. The Morgan fingerprint density at radius 1 is 0.942 bits per heavy atom. The van der Waals surface area contributed by atoms with Crippen LogP contribution in [0.15, 0.2) is 66.9 Å². The molecule has 2 N–H and O–H groups in total. The number of unbranched alkanes of at least 4 members (excludes halogenated alkanes) is 1. The largest absolute Gasteiger partial charge is 0.484 e. The lowest BCUT2D eigenvalue weighted by atomic mass is 10.1. The second kappa shape index (κ2) is 17.8. The normalized spacial score (nSPS) is 13.4. The standard InChI is InChI=1S/C39H47FN6O6/c1-5-50-37(48)31-24-29(40)16-15-28(31)25-43-36(47)33-34(51-26-27-12-7-6-8-13-27)32-30(14-11-18-41-32)35(44-33)46-22-20-45(21-23-46)19-10-9-17-42-38(49)52-39(2,3)4/h6-8,11-16,18,24H,5,9-10,17,19-23,25-26H2,1-4H3,(H,42,49)(H,43,47). The monoisotopic (exact) mass is 714 g/mol. The molecule has 5 rings (SSSR count). The van der Waals surface area contributed by atoms with Crippen molar-refractivity contribution in [1.82, 2.24) is 25.5 Å². The van der Waals surface area contributed by atoms with Gasteiger partial charge in [-0.2, -0.15) is 0 Å².